The van der Waals surface area contributed by atoms with Crippen LogP contribution in [0.25, 0.3) is 0 Å². The van der Waals surface area contributed by atoms with Crippen LogP contribution in [0.15, 0.2) is 40.4 Å². The van der Waals surface area contributed by atoms with E-state index in [1.165, 1.54) is 19.1 Å². The summed E-state index contributed by atoms with van der Waals surface area (Å²) in [6, 6.07) is 2.41. The van der Waals surface area contributed by atoms with Crippen molar-refractivity contribution in [3.05, 3.63) is 47.5 Å². The minimum Gasteiger partial charge on any atom is -0.461 e. The van der Waals surface area contributed by atoms with Gasteiger partial charge in [-0.05, 0) is 68.9 Å². The fraction of sp³-hybridized carbons (Fsp3) is 0.630. The van der Waals surface area contributed by atoms with Crippen molar-refractivity contribution in [3.63, 3.8) is 0 Å². The molecule has 5 aliphatic rings. The Bertz CT molecular complexity index is 1230. The summed E-state index contributed by atoms with van der Waals surface area (Å²) in [6.45, 7) is 5.00. The highest BCUT2D eigenvalue weighted by Gasteiger charge is 2.80. The molecule has 0 spiro atoms. The molecular formula is C27H29F3O6S. The minimum atomic E-state index is -2.30. The number of aliphatic hydroxyl groups is 1. The molecule has 4 fully saturated rings. The van der Waals surface area contributed by atoms with Crippen LogP contribution in [0.3, 0.4) is 0 Å². The number of carbonyl (C=O) groups is 2. The summed E-state index contributed by atoms with van der Waals surface area (Å²) >= 11 is 0.452. The normalized spacial score (nSPS) is 48.2. The summed E-state index contributed by atoms with van der Waals surface area (Å²) in [6.07, 6.45) is -1.67. The molecule has 1 unspecified atom stereocenters. The van der Waals surface area contributed by atoms with Crippen molar-refractivity contribution in [1.29, 1.82) is 0 Å². The second-order valence-corrected chi connectivity index (χ2v) is 12.3. The van der Waals surface area contributed by atoms with Crippen molar-refractivity contribution in [3.8, 4) is 0 Å². The zero-order valence-electron chi connectivity index (χ0n) is 20.7. The number of ether oxygens (including phenoxy) is 2. The zero-order valence-corrected chi connectivity index (χ0v) is 21.5. The zero-order chi connectivity index (χ0) is 26.5. The second kappa shape index (κ2) is 8.07. The Labute approximate surface area is 216 Å². The van der Waals surface area contributed by atoms with Crippen LogP contribution >= 0.6 is 11.8 Å². The Morgan fingerprint density at radius 2 is 2.00 bits per heavy atom. The number of hydrogen-bond acceptors (Lipinski definition) is 7. The molecule has 4 aliphatic carbocycles. The van der Waals surface area contributed by atoms with E-state index in [4.69, 9.17) is 13.9 Å². The molecule has 1 N–H and O–H groups in total. The molecule has 1 saturated heterocycles. The van der Waals surface area contributed by atoms with Gasteiger partial charge in [0.25, 0.3) is 0 Å². The van der Waals surface area contributed by atoms with Crippen LogP contribution in [0, 0.1) is 29.6 Å². The van der Waals surface area contributed by atoms with Gasteiger partial charge in [-0.1, -0.05) is 24.8 Å². The largest absolute Gasteiger partial charge is 0.461 e. The maximum absolute atomic E-state index is 17.4. The quantitative estimate of drug-likeness (QED) is 0.589. The number of rotatable bonds is 3. The lowest BCUT2D eigenvalue weighted by atomic mass is 9.44. The Hall–Kier alpha value is -1.88. The number of furan rings is 1. The van der Waals surface area contributed by atoms with Crippen molar-refractivity contribution in [2.45, 2.75) is 76.0 Å². The van der Waals surface area contributed by atoms with Crippen LogP contribution in [-0.4, -0.2) is 51.7 Å². The van der Waals surface area contributed by atoms with Crippen molar-refractivity contribution >= 4 is 22.7 Å². The van der Waals surface area contributed by atoms with Crippen LogP contribution in [0.5, 0.6) is 0 Å². The molecule has 0 aromatic carbocycles. The predicted molar refractivity (Wildman–Crippen MR) is 127 cm³/mol. The van der Waals surface area contributed by atoms with E-state index in [1.807, 2.05) is 0 Å². The Balaban J connectivity index is 1.45. The van der Waals surface area contributed by atoms with E-state index in [1.54, 1.807) is 26.0 Å². The van der Waals surface area contributed by atoms with Gasteiger partial charge in [-0.25, -0.2) is 13.2 Å². The highest BCUT2D eigenvalue weighted by Crippen LogP contribution is 2.73. The smallest absolute Gasteiger partial charge is 0.226 e. The summed E-state index contributed by atoms with van der Waals surface area (Å²) in [5, 5.41) is 10.9. The average molecular weight is 539 g/mol. The molecule has 37 heavy (non-hydrogen) atoms. The molecule has 6 rings (SSSR count). The fourth-order valence-corrected chi connectivity index (χ4v) is 8.89. The molecule has 1 aliphatic heterocycles. The molecule has 1 aromatic rings. The number of thioether (sulfide) groups is 1. The Morgan fingerprint density at radius 3 is 2.68 bits per heavy atom. The van der Waals surface area contributed by atoms with E-state index < -0.39 is 75.5 Å². The summed E-state index contributed by atoms with van der Waals surface area (Å²) in [4.78, 5) is 25.6. The maximum Gasteiger partial charge on any atom is 0.226 e. The standard InChI is InChI=1S/C27H29F3O6S/c1-13-4-5-19(34-13)22-35-21-10-15-16-9-18(29)17-8-14(31)6-7-24(17,2)26(16,30)20(32)11-25(15,3)27(21,36-22)23(33)37-12-28/h4-8,15-16,18,20-22,32H,9-12H2,1-3H3/t15-,16-,18-,20-,21+,22?,24-,25-,26-,27-/m0/s1. The number of aliphatic hydroxyl groups excluding tert-OH is 1. The predicted octanol–water partition coefficient (Wildman–Crippen LogP) is 4.86. The minimum absolute atomic E-state index is 0.0270. The number of carbonyl (C=O) groups excluding carboxylic acids is 2. The first-order valence-corrected chi connectivity index (χ1v) is 13.5. The molecule has 0 amide bonds. The number of allylic oxidation sites excluding steroid dienone is 4. The van der Waals surface area contributed by atoms with E-state index in [0.29, 0.717) is 23.3 Å². The summed E-state index contributed by atoms with van der Waals surface area (Å²) in [5.74, 6) is -1.07. The third-order valence-corrected chi connectivity index (χ3v) is 10.5. The molecular weight excluding hydrogens is 509 g/mol. The fourth-order valence-electron chi connectivity index (χ4n) is 8.16. The number of halogens is 3. The van der Waals surface area contributed by atoms with Gasteiger partial charge in [0.2, 0.25) is 11.4 Å². The van der Waals surface area contributed by atoms with Crippen molar-refractivity contribution < 1.29 is 41.8 Å². The van der Waals surface area contributed by atoms with Crippen molar-refractivity contribution in [1.82, 2.24) is 0 Å². The van der Waals surface area contributed by atoms with Gasteiger partial charge in [0.15, 0.2) is 22.8 Å². The van der Waals surface area contributed by atoms with Crippen LogP contribution in [0.1, 0.15) is 50.9 Å². The average Bonchev–Trinajstić information content (AvgIpc) is 3.50. The van der Waals surface area contributed by atoms with Crippen molar-refractivity contribution in [2.75, 3.05) is 6.01 Å². The molecule has 10 heteroatoms. The third kappa shape index (κ3) is 3.01. The lowest BCUT2D eigenvalue weighted by Crippen LogP contribution is -2.70. The van der Waals surface area contributed by atoms with E-state index >= 15 is 8.78 Å². The van der Waals surface area contributed by atoms with Crippen LogP contribution in [0.4, 0.5) is 13.2 Å². The van der Waals surface area contributed by atoms with Gasteiger partial charge in [-0.2, -0.15) is 0 Å². The first-order chi connectivity index (χ1) is 17.4. The van der Waals surface area contributed by atoms with Gasteiger partial charge in [-0.3, -0.25) is 9.59 Å². The lowest BCUT2D eigenvalue weighted by molar-refractivity contribution is -0.233. The first-order valence-electron chi connectivity index (χ1n) is 12.5. The molecule has 2 heterocycles. The Kier molecular flexibility index (Phi) is 5.54. The van der Waals surface area contributed by atoms with Gasteiger partial charge >= 0.3 is 0 Å². The topological polar surface area (TPSA) is 86.0 Å². The number of ketones is 1. The third-order valence-electron chi connectivity index (χ3n) is 9.85. The number of aryl methyl sites for hydroxylation is 1. The SMILES string of the molecule is Cc1ccc(C2O[C@@H]3C[C@H]4[C@@H]5C[C@H](F)C6=CC(=O)C=C[C@]6(C)[C@@]5(F)[C@@H](O)C[C@]4(C)[C@]3(C(=O)SCF)O2)o1. The van der Waals surface area contributed by atoms with Gasteiger partial charge in [0, 0.05) is 16.7 Å². The molecule has 3 saturated carbocycles. The van der Waals surface area contributed by atoms with E-state index in [9.17, 15) is 19.1 Å². The molecule has 10 atom stereocenters. The molecule has 0 radical (unpaired) electrons. The van der Waals surface area contributed by atoms with Gasteiger partial charge in [0.05, 0.1) is 12.2 Å². The van der Waals surface area contributed by atoms with Crippen LogP contribution in [0.2, 0.25) is 0 Å². The first kappa shape index (κ1) is 25.4. The van der Waals surface area contributed by atoms with E-state index in [0.717, 1.165) is 6.08 Å². The van der Waals surface area contributed by atoms with Gasteiger partial charge in [-0.15, -0.1) is 0 Å². The molecule has 0 bridgehead atoms. The number of alkyl halides is 3. The number of fused-ring (bicyclic) bond motifs is 7. The highest BCUT2D eigenvalue weighted by atomic mass is 32.2. The highest BCUT2D eigenvalue weighted by molar-refractivity contribution is 8.13. The monoisotopic (exact) mass is 538 g/mol. The summed E-state index contributed by atoms with van der Waals surface area (Å²) < 4.78 is 64.7. The number of hydrogen-bond donors (Lipinski definition) is 1. The summed E-state index contributed by atoms with van der Waals surface area (Å²) in [7, 11) is 0. The summed E-state index contributed by atoms with van der Waals surface area (Å²) in [5.41, 5.74) is -6.68. The van der Waals surface area contributed by atoms with E-state index in [-0.39, 0.29) is 24.8 Å². The van der Waals surface area contributed by atoms with E-state index in [2.05, 4.69) is 0 Å². The second-order valence-electron chi connectivity index (χ2n) is 11.4. The lowest BCUT2D eigenvalue weighted by Gasteiger charge is -2.63. The maximum atomic E-state index is 17.4. The van der Waals surface area contributed by atoms with Gasteiger partial charge in [0.1, 0.15) is 17.9 Å². The molecule has 6 nitrogen and oxygen atoms in total. The van der Waals surface area contributed by atoms with Gasteiger partial charge < -0.3 is 19.0 Å². The van der Waals surface area contributed by atoms with Crippen LogP contribution < -0.4 is 0 Å². The Morgan fingerprint density at radius 1 is 1.24 bits per heavy atom. The molecule has 200 valence electrons. The van der Waals surface area contributed by atoms with Crippen molar-refractivity contribution in [2.24, 2.45) is 22.7 Å². The van der Waals surface area contributed by atoms with Crippen LogP contribution in [-0.2, 0) is 19.1 Å². The molecule has 1 aromatic heterocycles.